The fourth-order valence-electron chi connectivity index (χ4n) is 3.65. The summed E-state index contributed by atoms with van der Waals surface area (Å²) in [5, 5.41) is 11.7. The molecule has 0 atom stereocenters. The number of thiophene rings is 1. The Morgan fingerprint density at radius 1 is 0.933 bits per heavy atom. The van der Waals surface area contributed by atoms with Crippen molar-refractivity contribution in [1.29, 1.82) is 0 Å². The minimum absolute atomic E-state index is 0.230. The number of aromatic nitrogens is 6. The van der Waals surface area contributed by atoms with E-state index < -0.39 is 5.82 Å². The van der Waals surface area contributed by atoms with Crippen molar-refractivity contribution >= 4 is 33.3 Å². The van der Waals surface area contributed by atoms with Gasteiger partial charge >= 0.3 is 0 Å². The van der Waals surface area contributed by atoms with E-state index in [1.54, 1.807) is 42.1 Å². The fourth-order valence-corrected chi connectivity index (χ4v) is 4.30. The number of benzene rings is 1. The molecule has 0 aliphatic heterocycles. The van der Waals surface area contributed by atoms with Crippen molar-refractivity contribution in [2.45, 2.75) is 0 Å². The number of para-hydroxylation sites is 1. The van der Waals surface area contributed by atoms with Crippen LogP contribution in [0.3, 0.4) is 0 Å². The Labute approximate surface area is 173 Å². The Kier molecular flexibility index (Phi) is 3.72. The zero-order chi connectivity index (χ0) is 20.1. The Hall–Kier alpha value is -3.91. The van der Waals surface area contributed by atoms with Crippen molar-refractivity contribution in [2.24, 2.45) is 0 Å². The van der Waals surface area contributed by atoms with Crippen LogP contribution in [0, 0.1) is 5.82 Å². The van der Waals surface area contributed by atoms with Gasteiger partial charge in [0, 0.05) is 23.5 Å². The number of nitrogens with zero attached hydrogens (tertiary/aromatic N) is 4. The first-order valence-corrected chi connectivity index (χ1v) is 10.2. The molecule has 30 heavy (non-hydrogen) atoms. The summed E-state index contributed by atoms with van der Waals surface area (Å²) >= 11 is 1.63. The van der Waals surface area contributed by atoms with E-state index in [-0.39, 0.29) is 5.69 Å². The number of hydrogen-bond acceptors (Lipinski definition) is 5. The van der Waals surface area contributed by atoms with Crippen LogP contribution >= 0.6 is 11.3 Å². The molecule has 6 aromatic rings. The van der Waals surface area contributed by atoms with Gasteiger partial charge < -0.3 is 4.98 Å². The van der Waals surface area contributed by atoms with Crippen LogP contribution in [0.4, 0.5) is 4.39 Å². The number of imidazole rings is 1. The molecule has 0 saturated carbocycles. The van der Waals surface area contributed by atoms with E-state index >= 15 is 4.39 Å². The molecule has 0 amide bonds. The molecular formula is C22H13FN6S. The highest BCUT2D eigenvalue weighted by molar-refractivity contribution is 7.08. The molecular weight excluding hydrogens is 399 g/mol. The van der Waals surface area contributed by atoms with Gasteiger partial charge in [-0.15, -0.1) is 0 Å². The molecule has 144 valence electrons. The predicted molar refractivity (Wildman–Crippen MR) is 115 cm³/mol. The molecule has 0 aliphatic rings. The zero-order valence-corrected chi connectivity index (χ0v) is 16.2. The third kappa shape index (κ3) is 2.54. The molecule has 0 radical (unpaired) electrons. The Balaban J connectivity index is 1.57. The number of halogens is 1. The SMILES string of the molecule is Fc1c(-c2cccnc2)ncc2[nH]nc(-c3nc4c(-c5ccsc5)cccc4[nH]3)c12. The molecule has 2 N–H and O–H groups in total. The second-order valence-corrected chi connectivity index (χ2v) is 7.60. The van der Waals surface area contributed by atoms with E-state index in [9.17, 15) is 0 Å². The fraction of sp³-hybridized carbons (Fsp3) is 0. The first kappa shape index (κ1) is 17.0. The van der Waals surface area contributed by atoms with Crippen LogP contribution in [0.1, 0.15) is 0 Å². The average Bonchev–Trinajstić information content (AvgIpc) is 3.53. The summed E-state index contributed by atoms with van der Waals surface area (Å²) in [4.78, 5) is 16.4. The first-order valence-electron chi connectivity index (χ1n) is 9.24. The molecule has 5 aromatic heterocycles. The highest BCUT2D eigenvalue weighted by Crippen LogP contribution is 2.34. The third-order valence-corrected chi connectivity index (χ3v) is 5.73. The Bertz CT molecular complexity index is 1500. The number of aromatic amines is 2. The van der Waals surface area contributed by atoms with Crippen LogP contribution < -0.4 is 0 Å². The van der Waals surface area contributed by atoms with Crippen molar-refractivity contribution in [3.8, 4) is 33.9 Å². The number of fused-ring (bicyclic) bond motifs is 2. The van der Waals surface area contributed by atoms with Crippen molar-refractivity contribution in [3.63, 3.8) is 0 Å². The van der Waals surface area contributed by atoms with Crippen molar-refractivity contribution < 1.29 is 4.39 Å². The highest BCUT2D eigenvalue weighted by Gasteiger charge is 2.21. The van der Waals surface area contributed by atoms with Gasteiger partial charge in [0.1, 0.15) is 11.4 Å². The number of pyridine rings is 2. The Morgan fingerprint density at radius 3 is 2.73 bits per heavy atom. The van der Waals surface area contributed by atoms with Gasteiger partial charge in [-0.25, -0.2) is 9.37 Å². The molecule has 5 heterocycles. The maximum absolute atomic E-state index is 15.5. The van der Waals surface area contributed by atoms with Gasteiger partial charge in [-0.2, -0.15) is 16.4 Å². The molecule has 0 unspecified atom stereocenters. The summed E-state index contributed by atoms with van der Waals surface area (Å²) in [7, 11) is 0. The Morgan fingerprint density at radius 2 is 1.90 bits per heavy atom. The lowest BCUT2D eigenvalue weighted by atomic mass is 10.1. The maximum Gasteiger partial charge on any atom is 0.161 e. The number of H-pyrrole nitrogens is 2. The van der Waals surface area contributed by atoms with Gasteiger partial charge in [0.05, 0.1) is 28.1 Å². The quantitative estimate of drug-likeness (QED) is 0.406. The largest absolute Gasteiger partial charge is 0.337 e. The van der Waals surface area contributed by atoms with E-state index in [2.05, 4.69) is 36.6 Å². The molecule has 6 nitrogen and oxygen atoms in total. The lowest BCUT2D eigenvalue weighted by molar-refractivity contribution is 0.638. The van der Waals surface area contributed by atoms with Crippen LogP contribution in [0.25, 0.3) is 55.8 Å². The van der Waals surface area contributed by atoms with Crippen LogP contribution in [-0.2, 0) is 0 Å². The van der Waals surface area contributed by atoms with Crippen LogP contribution in [0.15, 0.2) is 65.7 Å². The lowest BCUT2D eigenvalue weighted by Crippen LogP contribution is -1.92. The van der Waals surface area contributed by atoms with Crippen molar-refractivity contribution in [3.05, 3.63) is 71.6 Å². The molecule has 0 fully saturated rings. The number of nitrogens with one attached hydrogen (secondary N) is 2. The maximum atomic E-state index is 15.5. The van der Waals surface area contributed by atoms with Crippen LogP contribution in [0.5, 0.6) is 0 Å². The topological polar surface area (TPSA) is 83.1 Å². The molecule has 1 aromatic carbocycles. The van der Waals surface area contributed by atoms with Gasteiger partial charge in [0.2, 0.25) is 0 Å². The first-order chi connectivity index (χ1) is 14.8. The van der Waals surface area contributed by atoms with Gasteiger partial charge in [-0.3, -0.25) is 15.1 Å². The molecule has 0 saturated heterocycles. The zero-order valence-electron chi connectivity index (χ0n) is 15.4. The lowest BCUT2D eigenvalue weighted by Gasteiger charge is -2.03. The summed E-state index contributed by atoms with van der Waals surface area (Å²) in [6.07, 6.45) is 4.81. The van der Waals surface area contributed by atoms with E-state index in [4.69, 9.17) is 4.98 Å². The summed E-state index contributed by atoms with van der Waals surface area (Å²) < 4.78 is 15.5. The van der Waals surface area contributed by atoms with Crippen LogP contribution in [-0.4, -0.2) is 30.1 Å². The second-order valence-electron chi connectivity index (χ2n) is 6.82. The van der Waals surface area contributed by atoms with Gasteiger partial charge in [0.15, 0.2) is 11.6 Å². The molecule has 6 rings (SSSR count). The second kappa shape index (κ2) is 6.57. The summed E-state index contributed by atoms with van der Waals surface area (Å²) in [5.41, 5.74) is 5.58. The van der Waals surface area contributed by atoms with Crippen molar-refractivity contribution in [1.82, 2.24) is 30.1 Å². The molecule has 8 heteroatoms. The minimum Gasteiger partial charge on any atom is -0.337 e. The standard InChI is InChI=1S/C22H13FN6S/c23-18-17-16(10-25-19(18)12-3-2-7-24-9-12)28-29-21(17)22-26-15-5-1-4-14(20(15)27-22)13-6-8-30-11-13/h1-11H,(H,26,27)(H,28,29). The normalized spacial score (nSPS) is 11.5. The van der Waals surface area contributed by atoms with Gasteiger partial charge in [-0.05, 0) is 40.6 Å². The van der Waals surface area contributed by atoms with Crippen molar-refractivity contribution in [2.75, 3.05) is 0 Å². The number of rotatable bonds is 3. The van der Waals surface area contributed by atoms with Crippen LogP contribution in [0.2, 0.25) is 0 Å². The third-order valence-electron chi connectivity index (χ3n) is 5.05. The van der Waals surface area contributed by atoms with E-state index in [1.165, 1.54) is 0 Å². The van der Waals surface area contributed by atoms with E-state index in [0.29, 0.717) is 28.0 Å². The summed E-state index contributed by atoms with van der Waals surface area (Å²) in [6.45, 7) is 0. The highest BCUT2D eigenvalue weighted by atomic mass is 32.1. The monoisotopic (exact) mass is 412 g/mol. The number of hydrogen-bond donors (Lipinski definition) is 2. The van der Waals surface area contributed by atoms with E-state index in [0.717, 1.165) is 22.2 Å². The predicted octanol–water partition coefficient (Wildman–Crippen LogP) is 5.43. The van der Waals surface area contributed by atoms with Gasteiger partial charge in [0.25, 0.3) is 0 Å². The molecule has 0 aliphatic carbocycles. The molecule has 0 bridgehead atoms. The smallest absolute Gasteiger partial charge is 0.161 e. The summed E-state index contributed by atoms with van der Waals surface area (Å²) in [5.74, 6) is 0.0453. The summed E-state index contributed by atoms with van der Waals surface area (Å²) in [6, 6.07) is 11.5. The molecule has 0 spiro atoms. The minimum atomic E-state index is -0.456. The van der Waals surface area contributed by atoms with Gasteiger partial charge in [-0.1, -0.05) is 12.1 Å². The van der Waals surface area contributed by atoms with E-state index in [1.807, 2.05) is 23.6 Å². The average molecular weight is 412 g/mol.